The minimum absolute atomic E-state index is 0.225. The smallest absolute Gasteiger partial charge is 0.416 e. The summed E-state index contributed by atoms with van der Waals surface area (Å²) in [5.74, 6) is -0.495. The average Bonchev–Trinajstić information content (AvgIpc) is 3.11. The Hall–Kier alpha value is -2.06. The molecule has 0 spiro atoms. The largest absolute Gasteiger partial charge is 0.461 e. The lowest BCUT2D eigenvalue weighted by atomic mass is 9.55. The van der Waals surface area contributed by atoms with Crippen LogP contribution in [0.15, 0.2) is 35.9 Å². The summed E-state index contributed by atoms with van der Waals surface area (Å²) in [4.78, 5) is 17.0. The van der Waals surface area contributed by atoms with Gasteiger partial charge in [0.1, 0.15) is 6.10 Å². The van der Waals surface area contributed by atoms with Crippen molar-refractivity contribution < 1.29 is 27.8 Å². The maximum Gasteiger partial charge on any atom is 0.416 e. The first-order chi connectivity index (χ1) is 16.1. The van der Waals surface area contributed by atoms with Gasteiger partial charge in [0.15, 0.2) is 0 Å². The molecule has 0 amide bonds. The molecule has 5 rings (SSSR count). The van der Waals surface area contributed by atoms with Gasteiger partial charge in [0.05, 0.1) is 17.6 Å². The number of carbonyl (C=O) groups is 1. The fourth-order valence-corrected chi connectivity index (χ4v) is 6.62. The SMILES string of the molecule is C[C@H]1CCC=C2C[C@H]3OC(=O)[C@@H](CN4CCN(c5cccc(C(F)(F)F)c5)CC4)[C@H]3[C@@H](O)[C@@]21C. The Morgan fingerprint density at radius 2 is 1.94 bits per heavy atom. The van der Waals surface area contributed by atoms with Gasteiger partial charge in [0.2, 0.25) is 0 Å². The Kier molecular flexibility index (Phi) is 5.96. The number of allylic oxidation sites excluding steroid dienone is 1. The van der Waals surface area contributed by atoms with Crippen molar-refractivity contribution in [1.29, 1.82) is 0 Å². The van der Waals surface area contributed by atoms with Crippen LogP contribution in [-0.4, -0.2) is 60.9 Å². The van der Waals surface area contributed by atoms with Crippen molar-refractivity contribution in [3.63, 3.8) is 0 Å². The van der Waals surface area contributed by atoms with E-state index in [9.17, 15) is 23.1 Å². The van der Waals surface area contributed by atoms with E-state index in [-0.39, 0.29) is 29.3 Å². The number of esters is 1. The van der Waals surface area contributed by atoms with E-state index in [0.717, 1.165) is 18.9 Å². The third-order valence-corrected chi connectivity index (χ3v) is 8.94. The molecular weight excluding hydrogens is 445 g/mol. The zero-order valence-electron chi connectivity index (χ0n) is 19.7. The topological polar surface area (TPSA) is 53.0 Å². The number of alkyl halides is 3. The Balaban J connectivity index is 1.26. The zero-order valence-corrected chi connectivity index (χ0v) is 19.7. The van der Waals surface area contributed by atoms with Gasteiger partial charge in [-0.2, -0.15) is 13.2 Å². The number of aliphatic hydroxyl groups is 1. The number of piperazine rings is 1. The van der Waals surface area contributed by atoms with Crippen LogP contribution in [0.4, 0.5) is 18.9 Å². The molecule has 1 aromatic carbocycles. The highest BCUT2D eigenvalue weighted by atomic mass is 19.4. The number of aliphatic hydroxyl groups excluding tert-OH is 1. The monoisotopic (exact) mass is 478 g/mol. The van der Waals surface area contributed by atoms with Crippen molar-refractivity contribution >= 4 is 11.7 Å². The van der Waals surface area contributed by atoms with Gasteiger partial charge in [-0.1, -0.05) is 31.6 Å². The number of carbonyl (C=O) groups excluding carboxylic acids is 1. The number of ether oxygens (including phenoxy) is 1. The number of anilines is 1. The Labute approximate surface area is 198 Å². The lowest BCUT2D eigenvalue weighted by Gasteiger charge is -2.52. The summed E-state index contributed by atoms with van der Waals surface area (Å²) in [7, 11) is 0. The maximum atomic E-state index is 13.1. The number of hydrogen-bond acceptors (Lipinski definition) is 5. The summed E-state index contributed by atoms with van der Waals surface area (Å²) in [6.07, 6.45) is -0.296. The van der Waals surface area contributed by atoms with Gasteiger partial charge < -0.3 is 14.7 Å². The standard InChI is InChI=1S/C26H33F3N2O3/c1-16-5-3-6-17-14-21-22(23(32)25(16,17)2)20(24(33)34-21)15-30-9-11-31(12-10-30)19-8-4-7-18(13-19)26(27,28)29/h4,6-8,13,16,20-23,32H,3,5,9-12,14-15H2,1-2H3/t16-,20-,21+,22+,23+,25+/m0/s1. The van der Waals surface area contributed by atoms with Crippen LogP contribution in [0, 0.1) is 23.2 Å². The first kappa shape index (κ1) is 23.7. The highest BCUT2D eigenvalue weighted by Crippen LogP contribution is 2.56. The molecule has 3 fully saturated rings. The van der Waals surface area contributed by atoms with E-state index >= 15 is 0 Å². The number of fused-ring (bicyclic) bond motifs is 2. The van der Waals surface area contributed by atoms with Gasteiger partial charge in [0.25, 0.3) is 0 Å². The molecule has 8 heteroatoms. The van der Waals surface area contributed by atoms with E-state index < -0.39 is 17.8 Å². The lowest BCUT2D eigenvalue weighted by molar-refractivity contribution is -0.145. The summed E-state index contributed by atoms with van der Waals surface area (Å²) in [5, 5.41) is 11.5. The van der Waals surface area contributed by atoms with E-state index in [0.29, 0.717) is 50.7 Å². The van der Waals surface area contributed by atoms with Gasteiger partial charge in [-0.15, -0.1) is 0 Å². The van der Waals surface area contributed by atoms with Crippen molar-refractivity contribution in [1.82, 2.24) is 4.90 Å². The number of benzene rings is 1. The molecule has 2 heterocycles. The van der Waals surface area contributed by atoms with Crippen LogP contribution >= 0.6 is 0 Å². The molecule has 0 unspecified atom stereocenters. The first-order valence-corrected chi connectivity index (χ1v) is 12.3. The summed E-state index contributed by atoms with van der Waals surface area (Å²) in [5.41, 5.74) is 0.824. The van der Waals surface area contributed by atoms with Crippen molar-refractivity contribution in [2.45, 2.75) is 51.5 Å². The van der Waals surface area contributed by atoms with Crippen LogP contribution in [0.3, 0.4) is 0 Å². The summed E-state index contributed by atoms with van der Waals surface area (Å²) in [6, 6.07) is 5.44. The van der Waals surface area contributed by atoms with Crippen LogP contribution in [-0.2, 0) is 15.7 Å². The number of hydrogen-bond donors (Lipinski definition) is 1. The molecule has 34 heavy (non-hydrogen) atoms. The van der Waals surface area contributed by atoms with Crippen LogP contribution in [0.5, 0.6) is 0 Å². The quantitative estimate of drug-likeness (QED) is 0.524. The molecule has 1 N–H and O–H groups in total. The maximum absolute atomic E-state index is 13.1. The van der Waals surface area contributed by atoms with Crippen molar-refractivity contribution in [2.24, 2.45) is 23.2 Å². The molecule has 0 radical (unpaired) electrons. The predicted molar refractivity (Wildman–Crippen MR) is 122 cm³/mol. The molecule has 1 aromatic rings. The molecule has 0 bridgehead atoms. The van der Waals surface area contributed by atoms with Gasteiger partial charge in [-0.05, 0) is 37.0 Å². The fourth-order valence-electron chi connectivity index (χ4n) is 6.62. The van der Waals surface area contributed by atoms with Gasteiger partial charge in [-0.25, -0.2) is 0 Å². The van der Waals surface area contributed by atoms with Gasteiger partial charge in [0, 0.05) is 56.2 Å². The second-order valence-corrected chi connectivity index (χ2v) is 10.6. The third kappa shape index (κ3) is 3.92. The van der Waals surface area contributed by atoms with Crippen molar-refractivity contribution in [3.05, 3.63) is 41.5 Å². The molecule has 2 aliphatic heterocycles. The Bertz CT molecular complexity index is 972. The first-order valence-electron chi connectivity index (χ1n) is 12.3. The number of nitrogens with zero attached hydrogens (tertiary/aromatic N) is 2. The molecular formula is C26H33F3N2O3. The third-order valence-electron chi connectivity index (χ3n) is 8.94. The Morgan fingerprint density at radius 3 is 2.65 bits per heavy atom. The Morgan fingerprint density at radius 1 is 1.21 bits per heavy atom. The number of rotatable bonds is 3. The average molecular weight is 479 g/mol. The van der Waals surface area contributed by atoms with Gasteiger partial charge >= 0.3 is 12.1 Å². The van der Waals surface area contributed by atoms with Crippen LogP contribution in [0.1, 0.15) is 38.7 Å². The number of halogens is 3. The van der Waals surface area contributed by atoms with Crippen molar-refractivity contribution in [2.75, 3.05) is 37.6 Å². The second kappa shape index (κ2) is 8.55. The summed E-state index contributed by atoms with van der Waals surface area (Å²) < 4.78 is 45.0. The molecule has 4 aliphatic rings. The summed E-state index contributed by atoms with van der Waals surface area (Å²) >= 11 is 0. The molecule has 2 saturated heterocycles. The van der Waals surface area contributed by atoms with Crippen LogP contribution in [0.25, 0.3) is 0 Å². The fraction of sp³-hybridized carbons (Fsp3) is 0.654. The van der Waals surface area contributed by atoms with Crippen LogP contribution < -0.4 is 4.90 Å². The lowest BCUT2D eigenvalue weighted by Crippen LogP contribution is -2.55. The van der Waals surface area contributed by atoms with Crippen molar-refractivity contribution in [3.8, 4) is 0 Å². The molecule has 6 atom stereocenters. The molecule has 5 nitrogen and oxygen atoms in total. The van der Waals surface area contributed by atoms with E-state index in [2.05, 4.69) is 24.8 Å². The minimum atomic E-state index is -4.36. The summed E-state index contributed by atoms with van der Waals surface area (Å²) in [6.45, 7) is 7.30. The molecule has 0 aromatic heterocycles. The molecule has 1 saturated carbocycles. The molecule has 186 valence electrons. The van der Waals surface area contributed by atoms with E-state index in [1.165, 1.54) is 17.7 Å². The molecule has 2 aliphatic carbocycles. The highest BCUT2D eigenvalue weighted by molar-refractivity contribution is 5.76. The van der Waals surface area contributed by atoms with E-state index in [1.54, 1.807) is 6.07 Å². The predicted octanol–water partition coefficient (Wildman–Crippen LogP) is 4.11. The zero-order chi connectivity index (χ0) is 24.3. The van der Waals surface area contributed by atoms with E-state index in [4.69, 9.17) is 4.74 Å². The minimum Gasteiger partial charge on any atom is -0.461 e. The van der Waals surface area contributed by atoms with Crippen LogP contribution in [0.2, 0.25) is 0 Å². The highest BCUT2D eigenvalue weighted by Gasteiger charge is 2.59. The van der Waals surface area contributed by atoms with Gasteiger partial charge in [-0.3, -0.25) is 9.69 Å². The second-order valence-electron chi connectivity index (χ2n) is 10.6. The van der Waals surface area contributed by atoms with E-state index in [1.807, 2.05) is 4.90 Å². The normalized spacial score (nSPS) is 36.5.